The quantitative estimate of drug-likeness (QED) is 0.836. The third-order valence-corrected chi connectivity index (χ3v) is 2.58. The van der Waals surface area contributed by atoms with Crippen LogP contribution < -0.4 is 5.32 Å². The number of rotatable bonds is 6. The number of hydrogen-bond donors (Lipinski definition) is 2. The molecule has 0 saturated heterocycles. The fourth-order valence-electron chi connectivity index (χ4n) is 1.39. The van der Waals surface area contributed by atoms with Gasteiger partial charge in [0.2, 0.25) is 0 Å². The van der Waals surface area contributed by atoms with Crippen molar-refractivity contribution in [1.82, 2.24) is 5.32 Å². The molecular formula is C14H22ClNO2. The van der Waals surface area contributed by atoms with E-state index in [1.807, 2.05) is 45.0 Å². The molecule has 0 heterocycles. The molecule has 4 heteroatoms. The molecule has 0 bridgehead atoms. The van der Waals surface area contributed by atoms with Gasteiger partial charge in [0.1, 0.15) is 0 Å². The minimum absolute atomic E-state index is 0.211. The van der Waals surface area contributed by atoms with Crippen molar-refractivity contribution in [3.8, 4) is 0 Å². The van der Waals surface area contributed by atoms with Crippen molar-refractivity contribution in [2.45, 2.75) is 39.0 Å². The first-order valence-corrected chi connectivity index (χ1v) is 6.52. The average Bonchev–Trinajstić information content (AvgIpc) is 2.28. The summed E-state index contributed by atoms with van der Waals surface area (Å²) >= 11 is 5.80. The van der Waals surface area contributed by atoms with E-state index in [1.165, 1.54) is 0 Å². The Morgan fingerprint density at radius 1 is 1.28 bits per heavy atom. The van der Waals surface area contributed by atoms with Gasteiger partial charge in [-0.3, -0.25) is 0 Å². The predicted octanol–water partition coefficient (Wildman–Crippen LogP) is 2.61. The van der Waals surface area contributed by atoms with Crippen LogP contribution in [0.4, 0.5) is 0 Å². The molecule has 18 heavy (non-hydrogen) atoms. The molecule has 3 nitrogen and oxygen atoms in total. The van der Waals surface area contributed by atoms with Crippen molar-refractivity contribution in [3.63, 3.8) is 0 Å². The first-order chi connectivity index (χ1) is 8.37. The van der Waals surface area contributed by atoms with Gasteiger partial charge < -0.3 is 15.2 Å². The lowest BCUT2D eigenvalue weighted by Crippen LogP contribution is -2.33. The van der Waals surface area contributed by atoms with Crippen LogP contribution in [0.3, 0.4) is 0 Å². The number of hydrogen-bond acceptors (Lipinski definition) is 3. The molecule has 2 N–H and O–H groups in total. The Morgan fingerprint density at radius 2 is 1.89 bits per heavy atom. The maximum absolute atomic E-state index is 9.73. The van der Waals surface area contributed by atoms with E-state index in [0.717, 1.165) is 10.6 Å². The van der Waals surface area contributed by atoms with Crippen LogP contribution in [0.15, 0.2) is 24.3 Å². The van der Waals surface area contributed by atoms with E-state index < -0.39 is 6.10 Å². The number of nitrogens with one attached hydrogen (secondary N) is 1. The Morgan fingerprint density at radius 3 is 2.44 bits per heavy atom. The number of halogens is 1. The van der Waals surface area contributed by atoms with Gasteiger partial charge in [0.25, 0.3) is 0 Å². The fourth-order valence-corrected chi connectivity index (χ4v) is 1.52. The van der Waals surface area contributed by atoms with Crippen LogP contribution in [-0.4, -0.2) is 30.0 Å². The van der Waals surface area contributed by atoms with Crippen molar-refractivity contribution in [2.75, 3.05) is 13.2 Å². The lowest BCUT2D eigenvalue weighted by Gasteiger charge is -2.22. The maximum atomic E-state index is 9.73. The summed E-state index contributed by atoms with van der Waals surface area (Å²) in [6, 6.07) is 7.65. The van der Waals surface area contributed by atoms with Crippen LogP contribution in [0, 0.1) is 0 Å². The molecule has 0 aliphatic carbocycles. The van der Waals surface area contributed by atoms with E-state index in [-0.39, 0.29) is 5.60 Å². The molecule has 102 valence electrons. The molecular weight excluding hydrogens is 250 g/mol. The topological polar surface area (TPSA) is 41.5 Å². The molecule has 0 saturated carbocycles. The van der Waals surface area contributed by atoms with Crippen LogP contribution in [0.25, 0.3) is 0 Å². The van der Waals surface area contributed by atoms with Gasteiger partial charge in [-0.2, -0.15) is 0 Å². The summed E-state index contributed by atoms with van der Waals surface area (Å²) in [7, 11) is 0. The van der Waals surface area contributed by atoms with E-state index >= 15 is 0 Å². The SMILES string of the molecule is CC(C)(C)OCC(O)CNCc1ccc(Cl)cc1. The first kappa shape index (κ1) is 15.4. The van der Waals surface area contributed by atoms with E-state index in [0.29, 0.717) is 19.7 Å². The second-order valence-corrected chi connectivity index (χ2v) is 5.77. The standard InChI is InChI=1S/C14H22ClNO2/c1-14(2,3)18-10-13(17)9-16-8-11-4-6-12(15)7-5-11/h4-7,13,16-17H,8-10H2,1-3H3. The molecule has 0 aliphatic heterocycles. The monoisotopic (exact) mass is 271 g/mol. The highest BCUT2D eigenvalue weighted by atomic mass is 35.5. The lowest BCUT2D eigenvalue weighted by atomic mass is 10.2. The normalized spacial score (nSPS) is 13.6. The lowest BCUT2D eigenvalue weighted by molar-refractivity contribution is -0.0479. The summed E-state index contributed by atoms with van der Waals surface area (Å²) in [4.78, 5) is 0. The van der Waals surface area contributed by atoms with E-state index in [1.54, 1.807) is 0 Å². The molecule has 0 aliphatic rings. The van der Waals surface area contributed by atoms with Crippen molar-refractivity contribution in [2.24, 2.45) is 0 Å². The molecule has 0 fully saturated rings. The third kappa shape index (κ3) is 6.97. The van der Waals surface area contributed by atoms with Gasteiger partial charge in [-0.05, 0) is 38.5 Å². The summed E-state index contributed by atoms with van der Waals surface area (Å²) in [6.45, 7) is 7.49. The van der Waals surface area contributed by atoms with E-state index in [9.17, 15) is 5.11 Å². The van der Waals surface area contributed by atoms with Gasteiger partial charge in [-0.1, -0.05) is 23.7 Å². The van der Waals surface area contributed by atoms with Crippen LogP contribution in [0.5, 0.6) is 0 Å². The van der Waals surface area contributed by atoms with E-state index in [4.69, 9.17) is 16.3 Å². The Kier molecular flexibility index (Phi) is 6.09. The minimum Gasteiger partial charge on any atom is -0.389 e. The smallest absolute Gasteiger partial charge is 0.0898 e. The van der Waals surface area contributed by atoms with Crippen LogP contribution in [0.1, 0.15) is 26.3 Å². The number of aliphatic hydroxyl groups is 1. The molecule has 1 atom stereocenters. The molecule has 1 aromatic carbocycles. The highest BCUT2D eigenvalue weighted by Crippen LogP contribution is 2.09. The second-order valence-electron chi connectivity index (χ2n) is 5.33. The zero-order valence-corrected chi connectivity index (χ0v) is 12.0. The number of aliphatic hydroxyl groups excluding tert-OH is 1. The highest BCUT2D eigenvalue weighted by Gasteiger charge is 2.13. The Bertz CT molecular complexity index is 346. The second kappa shape index (κ2) is 7.10. The maximum Gasteiger partial charge on any atom is 0.0898 e. The summed E-state index contributed by atoms with van der Waals surface area (Å²) in [5.41, 5.74) is 0.931. The number of ether oxygens (including phenoxy) is 1. The van der Waals surface area contributed by atoms with Gasteiger partial charge in [0.15, 0.2) is 0 Å². The summed E-state index contributed by atoms with van der Waals surface area (Å²) in [5, 5.41) is 13.6. The van der Waals surface area contributed by atoms with E-state index in [2.05, 4.69) is 5.32 Å². The van der Waals surface area contributed by atoms with Crippen molar-refractivity contribution in [1.29, 1.82) is 0 Å². The largest absolute Gasteiger partial charge is 0.389 e. The van der Waals surface area contributed by atoms with Crippen molar-refractivity contribution >= 4 is 11.6 Å². The van der Waals surface area contributed by atoms with Crippen molar-refractivity contribution in [3.05, 3.63) is 34.9 Å². The van der Waals surface area contributed by atoms with Crippen molar-refractivity contribution < 1.29 is 9.84 Å². The summed E-state index contributed by atoms with van der Waals surface area (Å²) < 4.78 is 5.50. The van der Waals surface area contributed by atoms with Crippen LogP contribution in [-0.2, 0) is 11.3 Å². The fraction of sp³-hybridized carbons (Fsp3) is 0.571. The Labute approximate surface area is 114 Å². The highest BCUT2D eigenvalue weighted by molar-refractivity contribution is 6.30. The molecule has 0 radical (unpaired) electrons. The van der Waals surface area contributed by atoms with Gasteiger partial charge in [0, 0.05) is 18.1 Å². The third-order valence-electron chi connectivity index (χ3n) is 2.33. The number of benzene rings is 1. The van der Waals surface area contributed by atoms with Crippen LogP contribution in [0.2, 0.25) is 5.02 Å². The zero-order valence-electron chi connectivity index (χ0n) is 11.2. The molecule has 1 rings (SSSR count). The zero-order chi connectivity index (χ0) is 13.6. The molecule has 0 aromatic heterocycles. The molecule has 0 spiro atoms. The summed E-state index contributed by atoms with van der Waals surface area (Å²) in [5.74, 6) is 0. The van der Waals surface area contributed by atoms with Gasteiger partial charge in [0.05, 0.1) is 18.3 Å². The summed E-state index contributed by atoms with van der Waals surface area (Å²) in [6.07, 6.45) is -0.489. The average molecular weight is 272 g/mol. The van der Waals surface area contributed by atoms with Gasteiger partial charge in [-0.25, -0.2) is 0 Å². The predicted molar refractivity (Wildman–Crippen MR) is 74.9 cm³/mol. The Hall–Kier alpha value is -0.610. The van der Waals surface area contributed by atoms with Gasteiger partial charge >= 0.3 is 0 Å². The van der Waals surface area contributed by atoms with Gasteiger partial charge in [-0.15, -0.1) is 0 Å². The Balaban J connectivity index is 2.19. The minimum atomic E-state index is -0.489. The van der Waals surface area contributed by atoms with Crippen LogP contribution >= 0.6 is 11.6 Å². The molecule has 0 amide bonds. The first-order valence-electron chi connectivity index (χ1n) is 6.14. The molecule has 1 unspecified atom stereocenters. The molecule has 1 aromatic rings.